The molecule has 1 rings (SSSR count). The van der Waals surface area contributed by atoms with Gasteiger partial charge >= 0.3 is 0 Å². The molecule has 1 aromatic rings. The number of nitrogens with one attached hydrogen (secondary N) is 1. The van der Waals surface area contributed by atoms with Crippen molar-refractivity contribution in [1.82, 2.24) is 5.32 Å². The topological polar surface area (TPSA) is 29.1 Å². The molecule has 0 aliphatic rings. The Balaban J connectivity index is 2.15. The summed E-state index contributed by atoms with van der Waals surface area (Å²) in [6.45, 7) is 2.33. The van der Waals surface area contributed by atoms with Gasteiger partial charge in [0.1, 0.15) is 0 Å². The van der Waals surface area contributed by atoms with Crippen LogP contribution >= 0.6 is 15.9 Å². The largest absolute Gasteiger partial charge is 0.356 e. The van der Waals surface area contributed by atoms with E-state index in [4.69, 9.17) is 0 Å². The van der Waals surface area contributed by atoms with Crippen LogP contribution in [0, 0.1) is 0 Å². The zero-order chi connectivity index (χ0) is 11.1. The molecule has 0 radical (unpaired) electrons. The van der Waals surface area contributed by atoms with Gasteiger partial charge in [-0.15, -0.1) is 0 Å². The van der Waals surface area contributed by atoms with Crippen molar-refractivity contribution in [2.75, 3.05) is 6.54 Å². The average Bonchev–Trinajstić information content (AvgIpc) is 2.20. The molecule has 1 N–H and O–H groups in total. The molecule has 0 saturated carbocycles. The summed E-state index contributed by atoms with van der Waals surface area (Å²) in [7, 11) is 0. The minimum atomic E-state index is 0.0543. The Morgan fingerprint density at radius 2 is 1.93 bits per heavy atom. The van der Waals surface area contributed by atoms with Gasteiger partial charge in [0.05, 0.1) is 0 Å². The lowest BCUT2D eigenvalue weighted by Crippen LogP contribution is -2.20. The quantitative estimate of drug-likeness (QED) is 0.819. The Labute approximate surface area is 99.2 Å². The molecule has 1 aromatic carbocycles. The van der Waals surface area contributed by atoms with Crippen molar-refractivity contribution in [2.45, 2.75) is 26.2 Å². The molecule has 0 aliphatic heterocycles. The van der Waals surface area contributed by atoms with E-state index >= 15 is 0 Å². The van der Waals surface area contributed by atoms with Crippen molar-refractivity contribution < 1.29 is 4.79 Å². The van der Waals surface area contributed by atoms with Crippen molar-refractivity contribution in [1.29, 1.82) is 0 Å². The molecule has 0 aromatic heterocycles. The molecule has 0 bridgehead atoms. The maximum Gasteiger partial charge on any atom is 0.216 e. The van der Waals surface area contributed by atoms with Crippen LogP contribution in [0.5, 0.6) is 0 Å². The fraction of sp³-hybridized carbons (Fsp3) is 0.417. The Hall–Kier alpha value is -0.830. The van der Waals surface area contributed by atoms with E-state index in [0.717, 1.165) is 30.3 Å². The Bertz CT molecular complexity index is 308. The van der Waals surface area contributed by atoms with Gasteiger partial charge in [-0.3, -0.25) is 4.79 Å². The van der Waals surface area contributed by atoms with Gasteiger partial charge in [-0.25, -0.2) is 0 Å². The number of carbonyl (C=O) groups is 1. The second-order valence-electron chi connectivity index (χ2n) is 3.57. The van der Waals surface area contributed by atoms with Gasteiger partial charge in [-0.1, -0.05) is 28.1 Å². The molecule has 3 heteroatoms. The summed E-state index contributed by atoms with van der Waals surface area (Å²) < 4.78 is 1.12. The number of halogens is 1. The van der Waals surface area contributed by atoms with E-state index in [1.807, 2.05) is 0 Å². The summed E-state index contributed by atoms with van der Waals surface area (Å²) in [5.74, 6) is 0.0543. The molecule has 0 saturated heterocycles. The highest BCUT2D eigenvalue weighted by Gasteiger charge is 1.94. The molecule has 0 heterocycles. The first kappa shape index (κ1) is 12.2. The maximum absolute atomic E-state index is 10.6. The first-order valence-corrected chi connectivity index (χ1v) is 5.96. The minimum absolute atomic E-state index is 0.0543. The molecule has 0 unspecified atom stereocenters. The van der Waals surface area contributed by atoms with E-state index in [9.17, 15) is 4.79 Å². The number of amides is 1. The second-order valence-corrected chi connectivity index (χ2v) is 4.48. The summed E-state index contributed by atoms with van der Waals surface area (Å²) in [6.07, 6.45) is 3.23. The van der Waals surface area contributed by atoms with Gasteiger partial charge in [-0.2, -0.15) is 0 Å². The van der Waals surface area contributed by atoms with Gasteiger partial charge in [0, 0.05) is 17.9 Å². The lowest BCUT2D eigenvalue weighted by atomic mass is 10.1. The lowest BCUT2D eigenvalue weighted by molar-refractivity contribution is -0.118. The third-order valence-electron chi connectivity index (χ3n) is 2.18. The van der Waals surface area contributed by atoms with Gasteiger partial charge in [0.15, 0.2) is 0 Å². The highest BCUT2D eigenvalue weighted by Crippen LogP contribution is 2.12. The van der Waals surface area contributed by atoms with Crippen LogP contribution in [0.15, 0.2) is 28.7 Å². The Morgan fingerprint density at radius 3 is 2.53 bits per heavy atom. The van der Waals surface area contributed by atoms with E-state index in [1.54, 1.807) is 6.92 Å². The fourth-order valence-corrected chi connectivity index (χ4v) is 1.63. The van der Waals surface area contributed by atoms with Gasteiger partial charge < -0.3 is 5.32 Å². The van der Waals surface area contributed by atoms with Gasteiger partial charge in [0.2, 0.25) is 5.91 Å². The minimum Gasteiger partial charge on any atom is -0.356 e. The number of benzene rings is 1. The van der Waals surface area contributed by atoms with Gasteiger partial charge in [0.25, 0.3) is 0 Å². The molecule has 0 aliphatic carbocycles. The number of unbranched alkanes of at least 4 members (excludes halogenated alkanes) is 1. The smallest absolute Gasteiger partial charge is 0.216 e. The van der Waals surface area contributed by atoms with Crippen LogP contribution < -0.4 is 5.32 Å². The number of rotatable bonds is 5. The van der Waals surface area contributed by atoms with Crippen LogP contribution in [0.25, 0.3) is 0 Å². The Morgan fingerprint density at radius 1 is 1.27 bits per heavy atom. The molecular weight excluding hydrogens is 254 g/mol. The zero-order valence-electron chi connectivity index (χ0n) is 8.92. The standard InChI is InChI=1S/C12H16BrNO/c1-10(15)14-9-3-2-4-11-5-7-12(13)8-6-11/h5-8H,2-4,9H2,1H3,(H,14,15). The van der Waals surface area contributed by atoms with E-state index in [2.05, 4.69) is 45.5 Å². The number of carbonyl (C=O) groups excluding carboxylic acids is 1. The van der Waals surface area contributed by atoms with E-state index in [-0.39, 0.29) is 5.91 Å². The zero-order valence-corrected chi connectivity index (χ0v) is 10.5. The molecular formula is C12H16BrNO. The summed E-state index contributed by atoms with van der Waals surface area (Å²) in [5, 5.41) is 2.79. The summed E-state index contributed by atoms with van der Waals surface area (Å²) in [4.78, 5) is 10.6. The van der Waals surface area contributed by atoms with Crippen molar-refractivity contribution in [3.05, 3.63) is 34.3 Å². The van der Waals surface area contributed by atoms with E-state index < -0.39 is 0 Å². The van der Waals surface area contributed by atoms with Crippen LogP contribution in [0.3, 0.4) is 0 Å². The highest BCUT2D eigenvalue weighted by molar-refractivity contribution is 9.10. The molecule has 1 amide bonds. The lowest BCUT2D eigenvalue weighted by Gasteiger charge is -2.02. The fourth-order valence-electron chi connectivity index (χ4n) is 1.37. The number of aryl methyl sites for hydroxylation is 1. The predicted molar refractivity (Wildman–Crippen MR) is 65.8 cm³/mol. The molecule has 0 atom stereocenters. The van der Waals surface area contributed by atoms with Crippen molar-refractivity contribution >= 4 is 21.8 Å². The summed E-state index contributed by atoms with van der Waals surface area (Å²) in [6, 6.07) is 8.37. The van der Waals surface area contributed by atoms with Crippen LogP contribution in [-0.2, 0) is 11.2 Å². The molecule has 0 fully saturated rings. The Kier molecular flexibility index (Phi) is 5.40. The third-order valence-corrected chi connectivity index (χ3v) is 2.71. The molecule has 0 spiro atoms. The summed E-state index contributed by atoms with van der Waals surface area (Å²) in [5.41, 5.74) is 1.35. The SMILES string of the molecule is CC(=O)NCCCCc1ccc(Br)cc1. The average molecular weight is 270 g/mol. The van der Waals surface area contributed by atoms with Crippen LogP contribution in [0.4, 0.5) is 0 Å². The third kappa shape index (κ3) is 5.57. The van der Waals surface area contributed by atoms with Crippen molar-refractivity contribution in [2.24, 2.45) is 0 Å². The van der Waals surface area contributed by atoms with Crippen LogP contribution in [-0.4, -0.2) is 12.5 Å². The normalized spacial score (nSPS) is 10.0. The van der Waals surface area contributed by atoms with Crippen molar-refractivity contribution in [3.8, 4) is 0 Å². The molecule has 2 nitrogen and oxygen atoms in total. The van der Waals surface area contributed by atoms with Crippen LogP contribution in [0.1, 0.15) is 25.3 Å². The van der Waals surface area contributed by atoms with E-state index in [0.29, 0.717) is 0 Å². The van der Waals surface area contributed by atoms with Crippen molar-refractivity contribution in [3.63, 3.8) is 0 Å². The van der Waals surface area contributed by atoms with E-state index in [1.165, 1.54) is 5.56 Å². The van der Waals surface area contributed by atoms with Gasteiger partial charge in [-0.05, 0) is 37.0 Å². The first-order valence-electron chi connectivity index (χ1n) is 5.17. The highest BCUT2D eigenvalue weighted by atomic mass is 79.9. The number of hydrogen-bond donors (Lipinski definition) is 1. The predicted octanol–water partition coefficient (Wildman–Crippen LogP) is 2.91. The first-order chi connectivity index (χ1) is 7.18. The summed E-state index contributed by atoms with van der Waals surface area (Å²) >= 11 is 3.41. The number of hydrogen-bond acceptors (Lipinski definition) is 1. The van der Waals surface area contributed by atoms with Crippen LogP contribution in [0.2, 0.25) is 0 Å². The maximum atomic E-state index is 10.6. The molecule has 15 heavy (non-hydrogen) atoms. The second kappa shape index (κ2) is 6.62. The monoisotopic (exact) mass is 269 g/mol. The molecule has 82 valence electrons.